The van der Waals surface area contributed by atoms with Gasteiger partial charge < -0.3 is 19.5 Å². The molecule has 1 saturated carbocycles. The molecule has 0 radical (unpaired) electrons. The van der Waals surface area contributed by atoms with Crippen molar-refractivity contribution in [2.24, 2.45) is 5.92 Å². The van der Waals surface area contributed by atoms with Gasteiger partial charge in [-0.1, -0.05) is 19.8 Å². The third-order valence-corrected chi connectivity index (χ3v) is 5.34. The highest BCUT2D eigenvalue weighted by Crippen LogP contribution is 2.23. The van der Waals surface area contributed by atoms with Gasteiger partial charge in [-0.3, -0.25) is 4.79 Å². The SMILES string of the molecule is CC1CCCCC1NC(=O)COC(=O)c1ccc(OCC2CCCO2)cc1. The molecule has 6 nitrogen and oxygen atoms in total. The van der Waals surface area contributed by atoms with Crippen molar-refractivity contribution in [1.82, 2.24) is 5.32 Å². The lowest BCUT2D eigenvalue weighted by atomic mass is 9.86. The average molecular weight is 375 g/mol. The molecule has 1 aromatic carbocycles. The van der Waals surface area contributed by atoms with Gasteiger partial charge in [-0.15, -0.1) is 0 Å². The summed E-state index contributed by atoms with van der Waals surface area (Å²) in [7, 11) is 0. The van der Waals surface area contributed by atoms with E-state index in [1.165, 1.54) is 6.42 Å². The zero-order valence-electron chi connectivity index (χ0n) is 15.9. The number of hydrogen-bond acceptors (Lipinski definition) is 5. The van der Waals surface area contributed by atoms with Crippen LogP contribution in [0.5, 0.6) is 5.75 Å². The van der Waals surface area contributed by atoms with Gasteiger partial charge in [0.2, 0.25) is 0 Å². The Kier molecular flexibility index (Phi) is 7.10. The lowest BCUT2D eigenvalue weighted by Crippen LogP contribution is -2.42. The maximum absolute atomic E-state index is 12.1. The van der Waals surface area contributed by atoms with E-state index in [9.17, 15) is 9.59 Å². The normalized spacial score (nSPS) is 25.0. The van der Waals surface area contributed by atoms with Crippen molar-refractivity contribution in [2.45, 2.75) is 57.6 Å². The van der Waals surface area contributed by atoms with E-state index >= 15 is 0 Å². The fourth-order valence-corrected chi connectivity index (χ4v) is 3.65. The molecule has 2 aliphatic rings. The minimum absolute atomic E-state index is 0.153. The number of rotatable bonds is 7. The summed E-state index contributed by atoms with van der Waals surface area (Å²) in [4.78, 5) is 24.2. The molecule has 3 unspecified atom stereocenters. The second kappa shape index (κ2) is 9.74. The number of nitrogens with one attached hydrogen (secondary N) is 1. The Hall–Kier alpha value is -2.08. The van der Waals surface area contributed by atoms with Crippen LogP contribution in [0.3, 0.4) is 0 Å². The molecule has 0 aromatic heterocycles. The van der Waals surface area contributed by atoms with Crippen molar-refractivity contribution < 1.29 is 23.8 Å². The lowest BCUT2D eigenvalue weighted by molar-refractivity contribution is -0.125. The van der Waals surface area contributed by atoms with Gasteiger partial charge in [-0.25, -0.2) is 4.79 Å². The zero-order valence-corrected chi connectivity index (χ0v) is 15.9. The predicted octanol–water partition coefficient (Wildman–Crippen LogP) is 3.10. The third-order valence-electron chi connectivity index (χ3n) is 5.34. The molecule has 0 bridgehead atoms. The maximum atomic E-state index is 12.1. The van der Waals surface area contributed by atoms with Gasteiger partial charge in [-0.05, 0) is 55.9 Å². The molecule has 1 aliphatic carbocycles. The van der Waals surface area contributed by atoms with Crippen LogP contribution in [0.1, 0.15) is 55.8 Å². The Morgan fingerprint density at radius 1 is 1.11 bits per heavy atom. The fraction of sp³-hybridized carbons (Fsp3) is 0.619. The Balaban J connectivity index is 1.40. The molecule has 148 valence electrons. The summed E-state index contributed by atoms with van der Waals surface area (Å²) in [6, 6.07) is 6.94. The van der Waals surface area contributed by atoms with Crippen LogP contribution in [0.4, 0.5) is 0 Å². The Bertz CT molecular complexity index is 624. The summed E-state index contributed by atoms with van der Waals surface area (Å²) in [5.74, 6) is 0.415. The standard InChI is InChI=1S/C21H29NO5/c1-15-5-2-3-7-19(15)22-20(23)14-27-21(24)16-8-10-17(11-9-16)26-13-18-6-4-12-25-18/h8-11,15,18-19H,2-7,12-14H2,1H3,(H,22,23). The molecule has 1 heterocycles. The molecule has 2 fully saturated rings. The summed E-state index contributed by atoms with van der Waals surface area (Å²) in [5.41, 5.74) is 0.401. The van der Waals surface area contributed by atoms with Crippen LogP contribution in [-0.2, 0) is 14.3 Å². The van der Waals surface area contributed by atoms with Gasteiger partial charge in [0.05, 0.1) is 11.7 Å². The third kappa shape index (κ3) is 5.96. The van der Waals surface area contributed by atoms with Crippen LogP contribution < -0.4 is 10.1 Å². The number of ether oxygens (including phenoxy) is 3. The zero-order chi connectivity index (χ0) is 19.1. The van der Waals surface area contributed by atoms with Gasteiger partial charge >= 0.3 is 5.97 Å². The van der Waals surface area contributed by atoms with Gasteiger partial charge in [0.25, 0.3) is 5.91 Å². The Labute approximate surface area is 160 Å². The molecule has 3 rings (SSSR count). The largest absolute Gasteiger partial charge is 0.491 e. The van der Waals surface area contributed by atoms with E-state index in [1.807, 2.05) is 0 Å². The van der Waals surface area contributed by atoms with Gasteiger partial charge in [0.15, 0.2) is 6.61 Å². The fourth-order valence-electron chi connectivity index (χ4n) is 3.65. The van der Waals surface area contributed by atoms with Crippen molar-refractivity contribution >= 4 is 11.9 Å². The minimum Gasteiger partial charge on any atom is -0.491 e. The van der Waals surface area contributed by atoms with Crippen molar-refractivity contribution in [3.8, 4) is 5.75 Å². The topological polar surface area (TPSA) is 73.9 Å². The van der Waals surface area contributed by atoms with Gasteiger partial charge in [-0.2, -0.15) is 0 Å². The highest BCUT2D eigenvalue weighted by atomic mass is 16.5. The van der Waals surface area contributed by atoms with E-state index in [2.05, 4.69) is 12.2 Å². The predicted molar refractivity (Wildman–Crippen MR) is 101 cm³/mol. The van der Waals surface area contributed by atoms with E-state index < -0.39 is 5.97 Å². The quantitative estimate of drug-likeness (QED) is 0.742. The maximum Gasteiger partial charge on any atom is 0.338 e. The summed E-state index contributed by atoms with van der Waals surface area (Å²) in [6.07, 6.45) is 6.73. The van der Waals surface area contributed by atoms with E-state index in [4.69, 9.17) is 14.2 Å². The summed E-state index contributed by atoms with van der Waals surface area (Å²) in [5, 5.41) is 2.98. The van der Waals surface area contributed by atoms with Crippen LogP contribution in [0, 0.1) is 5.92 Å². The van der Waals surface area contributed by atoms with E-state index in [0.717, 1.165) is 38.7 Å². The smallest absolute Gasteiger partial charge is 0.338 e. The number of benzene rings is 1. The molecule has 1 amide bonds. The molecule has 27 heavy (non-hydrogen) atoms. The highest BCUT2D eigenvalue weighted by molar-refractivity contribution is 5.91. The number of hydrogen-bond donors (Lipinski definition) is 1. The van der Waals surface area contributed by atoms with Crippen LogP contribution >= 0.6 is 0 Å². The van der Waals surface area contributed by atoms with Crippen molar-refractivity contribution in [2.75, 3.05) is 19.8 Å². The first kappa shape index (κ1) is 19.7. The number of carbonyl (C=O) groups is 2. The first-order valence-electron chi connectivity index (χ1n) is 9.93. The van der Waals surface area contributed by atoms with Crippen LogP contribution in [0.15, 0.2) is 24.3 Å². The van der Waals surface area contributed by atoms with E-state index in [1.54, 1.807) is 24.3 Å². The van der Waals surface area contributed by atoms with E-state index in [0.29, 0.717) is 23.8 Å². The van der Waals surface area contributed by atoms with Crippen LogP contribution in [0.2, 0.25) is 0 Å². The van der Waals surface area contributed by atoms with Crippen molar-refractivity contribution in [3.05, 3.63) is 29.8 Å². The Morgan fingerprint density at radius 2 is 1.89 bits per heavy atom. The first-order chi connectivity index (χ1) is 13.1. The van der Waals surface area contributed by atoms with Crippen molar-refractivity contribution in [3.63, 3.8) is 0 Å². The van der Waals surface area contributed by atoms with Gasteiger partial charge in [0.1, 0.15) is 12.4 Å². The molecule has 1 N–H and O–H groups in total. The number of carbonyl (C=O) groups excluding carboxylic acids is 2. The molecule has 1 aliphatic heterocycles. The van der Waals surface area contributed by atoms with Crippen molar-refractivity contribution in [1.29, 1.82) is 0 Å². The monoisotopic (exact) mass is 375 g/mol. The molecule has 6 heteroatoms. The molecular formula is C21H29NO5. The second-order valence-electron chi connectivity index (χ2n) is 7.48. The van der Waals surface area contributed by atoms with E-state index in [-0.39, 0.29) is 24.7 Å². The van der Waals surface area contributed by atoms with Crippen LogP contribution in [-0.4, -0.2) is 43.8 Å². The highest BCUT2D eigenvalue weighted by Gasteiger charge is 2.23. The molecular weight excluding hydrogens is 346 g/mol. The second-order valence-corrected chi connectivity index (χ2v) is 7.48. The summed E-state index contributed by atoms with van der Waals surface area (Å²) >= 11 is 0. The minimum atomic E-state index is -0.507. The van der Waals surface area contributed by atoms with Gasteiger partial charge in [0, 0.05) is 12.6 Å². The van der Waals surface area contributed by atoms with Crippen LogP contribution in [0.25, 0.3) is 0 Å². The number of esters is 1. The number of amides is 1. The molecule has 1 aromatic rings. The molecule has 0 spiro atoms. The summed E-state index contributed by atoms with van der Waals surface area (Å²) < 4.78 is 16.3. The molecule has 3 atom stereocenters. The first-order valence-corrected chi connectivity index (χ1v) is 9.93. The average Bonchev–Trinajstić information content (AvgIpc) is 3.20. The molecule has 1 saturated heterocycles. The summed E-state index contributed by atoms with van der Waals surface area (Å²) in [6.45, 7) is 3.22. The Morgan fingerprint density at radius 3 is 2.59 bits per heavy atom. The lowest BCUT2D eigenvalue weighted by Gasteiger charge is -2.29.